The molecular weight excluding hydrogens is 411 g/mol. The molecule has 0 saturated carbocycles. The van der Waals surface area contributed by atoms with Crippen LogP contribution in [-0.4, -0.2) is 40.6 Å². The van der Waals surface area contributed by atoms with Crippen molar-refractivity contribution in [3.05, 3.63) is 40.9 Å². The van der Waals surface area contributed by atoms with Gasteiger partial charge in [-0.3, -0.25) is 0 Å². The molecule has 0 aromatic carbocycles. The lowest BCUT2D eigenvalue weighted by molar-refractivity contribution is -0.137. The predicted molar refractivity (Wildman–Crippen MR) is 95.0 cm³/mol. The van der Waals surface area contributed by atoms with Crippen molar-refractivity contribution < 1.29 is 13.2 Å². The van der Waals surface area contributed by atoms with E-state index in [9.17, 15) is 13.2 Å². The second-order valence-corrected chi connectivity index (χ2v) is 7.45. The number of fused-ring (bicyclic) bond motifs is 1. The van der Waals surface area contributed by atoms with Gasteiger partial charge in [-0.15, -0.1) is 0 Å². The molecule has 2 saturated heterocycles. The van der Waals surface area contributed by atoms with Gasteiger partial charge in [-0.2, -0.15) is 13.2 Å². The van der Waals surface area contributed by atoms with Crippen LogP contribution in [0.2, 0.25) is 0 Å². The summed E-state index contributed by atoms with van der Waals surface area (Å²) in [6.07, 6.45) is 2.26. The largest absolute Gasteiger partial charge is 0.416 e. The molecule has 4 heterocycles. The van der Waals surface area contributed by atoms with Gasteiger partial charge in [0.1, 0.15) is 16.2 Å². The maximum Gasteiger partial charge on any atom is 0.416 e. The number of hydrogen-bond acceptors (Lipinski definition) is 5. The Kier molecular flexibility index (Phi) is 4.50. The van der Waals surface area contributed by atoms with E-state index < -0.39 is 11.7 Å². The number of nitrogens with zero attached hydrogens (tertiary/aromatic N) is 5. The number of piperidine rings is 1. The second-order valence-electron chi connectivity index (χ2n) is 6.64. The minimum atomic E-state index is -4.36. The molecule has 4 rings (SSSR count). The van der Waals surface area contributed by atoms with Gasteiger partial charge in [-0.25, -0.2) is 15.0 Å². The number of halogens is 4. The average Bonchev–Trinajstić information content (AvgIpc) is 3.05. The summed E-state index contributed by atoms with van der Waals surface area (Å²) in [5, 5.41) is 0. The molecule has 2 fully saturated rings. The number of aromatic nitrogens is 3. The molecule has 0 amide bonds. The summed E-state index contributed by atoms with van der Waals surface area (Å²) in [6.45, 7) is 2.24. The van der Waals surface area contributed by atoms with E-state index in [0.717, 1.165) is 43.9 Å². The molecule has 138 valence electrons. The van der Waals surface area contributed by atoms with Crippen LogP contribution in [0.25, 0.3) is 0 Å². The summed E-state index contributed by atoms with van der Waals surface area (Å²) in [7, 11) is 0. The topological polar surface area (TPSA) is 45.2 Å². The van der Waals surface area contributed by atoms with Gasteiger partial charge in [0.25, 0.3) is 0 Å². The quantitative estimate of drug-likeness (QED) is 0.729. The van der Waals surface area contributed by atoms with Gasteiger partial charge in [0, 0.05) is 25.8 Å². The third kappa shape index (κ3) is 3.36. The average molecular weight is 428 g/mol. The SMILES string of the molecule is FC(F)(F)c1ccnc(N2CCC3CCN(c4cnc(Br)cn4)C3C2)c1. The number of alkyl halides is 3. The van der Waals surface area contributed by atoms with Crippen LogP contribution in [0.3, 0.4) is 0 Å². The summed E-state index contributed by atoms with van der Waals surface area (Å²) >= 11 is 3.29. The molecule has 0 radical (unpaired) electrons. The molecule has 0 spiro atoms. The predicted octanol–water partition coefficient (Wildman–Crippen LogP) is 3.76. The highest BCUT2D eigenvalue weighted by Crippen LogP contribution is 2.36. The van der Waals surface area contributed by atoms with Crippen molar-refractivity contribution in [2.24, 2.45) is 5.92 Å². The van der Waals surface area contributed by atoms with Crippen LogP contribution in [0.1, 0.15) is 18.4 Å². The van der Waals surface area contributed by atoms with Crippen LogP contribution in [0.5, 0.6) is 0 Å². The van der Waals surface area contributed by atoms with Gasteiger partial charge < -0.3 is 9.80 Å². The molecule has 2 aromatic rings. The minimum Gasteiger partial charge on any atom is -0.355 e. The molecule has 2 aliphatic heterocycles. The van der Waals surface area contributed by atoms with Crippen molar-refractivity contribution in [3.8, 4) is 0 Å². The molecule has 26 heavy (non-hydrogen) atoms. The lowest BCUT2D eigenvalue weighted by atomic mass is 9.92. The molecule has 0 N–H and O–H groups in total. The number of hydrogen-bond donors (Lipinski definition) is 0. The third-order valence-electron chi connectivity index (χ3n) is 5.16. The first-order valence-electron chi connectivity index (χ1n) is 8.44. The van der Waals surface area contributed by atoms with Crippen molar-refractivity contribution in [2.45, 2.75) is 25.1 Å². The Balaban J connectivity index is 1.56. The number of rotatable bonds is 2. The summed E-state index contributed by atoms with van der Waals surface area (Å²) in [6, 6.07) is 2.35. The van der Waals surface area contributed by atoms with Gasteiger partial charge in [-0.05, 0) is 46.8 Å². The number of pyridine rings is 1. The third-order valence-corrected chi connectivity index (χ3v) is 5.57. The number of anilines is 2. The summed E-state index contributed by atoms with van der Waals surface area (Å²) in [5.41, 5.74) is -0.660. The fourth-order valence-electron chi connectivity index (χ4n) is 3.85. The first kappa shape index (κ1) is 17.5. The summed E-state index contributed by atoms with van der Waals surface area (Å²) < 4.78 is 39.7. The first-order chi connectivity index (χ1) is 12.4. The molecule has 5 nitrogen and oxygen atoms in total. The fourth-order valence-corrected chi connectivity index (χ4v) is 4.06. The van der Waals surface area contributed by atoms with Gasteiger partial charge in [0.2, 0.25) is 0 Å². The molecule has 0 aliphatic carbocycles. The maximum absolute atomic E-state index is 13.0. The maximum atomic E-state index is 13.0. The van der Waals surface area contributed by atoms with E-state index in [1.807, 2.05) is 4.90 Å². The highest BCUT2D eigenvalue weighted by Gasteiger charge is 2.40. The standard InChI is InChI=1S/C17H17BrF3N5/c18-14-8-24-16(9-23-14)26-6-3-11-2-5-25(10-13(11)26)15-7-12(1-4-22-15)17(19,20)21/h1,4,7-9,11,13H,2-3,5-6,10H2. The zero-order chi connectivity index (χ0) is 18.3. The van der Waals surface area contributed by atoms with E-state index in [4.69, 9.17) is 0 Å². The van der Waals surface area contributed by atoms with Crippen molar-refractivity contribution >= 4 is 27.6 Å². The van der Waals surface area contributed by atoms with E-state index in [0.29, 0.717) is 22.9 Å². The Morgan fingerprint density at radius 2 is 1.85 bits per heavy atom. The molecule has 2 aromatic heterocycles. The minimum absolute atomic E-state index is 0.204. The molecular formula is C17H17BrF3N5. The molecule has 9 heteroatoms. The van der Waals surface area contributed by atoms with E-state index in [-0.39, 0.29) is 6.04 Å². The van der Waals surface area contributed by atoms with Crippen LogP contribution in [-0.2, 0) is 6.18 Å². The van der Waals surface area contributed by atoms with Crippen molar-refractivity contribution in [3.63, 3.8) is 0 Å². The first-order valence-corrected chi connectivity index (χ1v) is 9.23. The van der Waals surface area contributed by atoms with Crippen molar-refractivity contribution in [1.29, 1.82) is 0 Å². The van der Waals surface area contributed by atoms with Crippen molar-refractivity contribution in [2.75, 3.05) is 29.4 Å². The van der Waals surface area contributed by atoms with E-state index in [1.54, 1.807) is 12.4 Å². The highest BCUT2D eigenvalue weighted by molar-refractivity contribution is 9.10. The van der Waals surface area contributed by atoms with Crippen molar-refractivity contribution in [1.82, 2.24) is 15.0 Å². The smallest absolute Gasteiger partial charge is 0.355 e. The van der Waals surface area contributed by atoms with Crippen LogP contribution in [0, 0.1) is 5.92 Å². The Labute approximate surface area is 157 Å². The normalized spacial score (nSPS) is 23.2. The second kappa shape index (κ2) is 6.68. The Morgan fingerprint density at radius 3 is 2.58 bits per heavy atom. The van der Waals surface area contributed by atoms with E-state index >= 15 is 0 Å². The molecule has 2 atom stereocenters. The van der Waals surface area contributed by atoms with E-state index in [1.165, 1.54) is 6.20 Å². The van der Waals surface area contributed by atoms with Crippen LogP contribution >= 0.6 is 15.9 Å². The summed E-state index contributed by atoms with van der Waals surface area (Å²) in [4.78, 5) is 17.0. The fraction of sp³-hybridized carbons (Fsp3) is 0.471. The van der Waals surface area contributed by atoms with Gasteiger partial charge in [0.05, 0.1) is 24.0 Å². The zero-order valence-electron chi connectivity index (χ0n) is 13.8. The summed E-state index contributed by atoms with van der Waals surface area (Å²) in [5.74, 6) is 1.70. The highest BCUT2D eigenvalue weighted by atomic mass is 79.9. The monoisotopic (exact) mass is 427 g/mol. The Bertz CT molecular complexity index is 783. The Morgan fingerprint density at radius 1 is 1.04 bits per heavy atom. The van der Waals surface area contributed by atoms with Gasteiger partial charge in [-0.1, -0.05) is 0 Å². The van der Waals surface area contributed by atoms with Crippen LogP contribution in [0.15, 0.2) is 35.3 Å². The molecule has 0 bridgehead atoms. The van der Waals surface area contributed by atoms with E-state index in [2.05, 4.69) is 35.8 Å². The Hall–Kier alpha value is -1.90. The zero-order valence-corrected chi connectivity index (χ0v) is 15.4. The van der Waals surface area contributed by atoms with Gasteiger partial charge >= 0.3 is 6.18 Å². The van der Waals surface area contributed by atoms with Crippen LogP contribution in [0.4, 0.5) is 24.8 Å². The molecule has 2 unspecified atom stereocenters. The lowest BCUT2D eigenvalue weighted by Gasteiger charge is -2.39. The molecule has 2 aliphatic rings. The van der Waals surface area contributed by atoms with Gasteiger partial charge in [0.15, 0.2) is 0 Å². The van der Waals surface area contributed by atoms with Crippen LogP contribution < -0.4 is 9.80 Å². The lowest BCUT2D eigenvalue weighted by Crippen LogP contribution is -2.48.